The van der Waals surface area contributed by atoms with Gasteiger partial charge in [-0.15, -0.1) is 0 Å². The monoisotopic (exact) mass is 367 g/mol. The van der Waals surface area contributed by atoms with Crippen LogP contribution in [-0.2, 0) is 6.54 Å². The van der Waals surface area contributed by atoms with Gasteiger partial charge in [0.2, 0.25) is 0 Å². The Morgan fingerprint density at radius 1 is 0.944 bits per heavy atom. The van der Waals surface area contributed by atoms with Gasteiger partial charge in [0.15, 0.2) is 0 Å². The van der Waals surface area contributed by atoms with Crippen molar-refractivity contribution in [1.29, 1.82) is 0 Å². The Balaban J connectivity index is 2.09. The topological polar surface area (TPSA) is 12.0 Å². The molecular formula is C15H15Br2N. The van der Waals surface area contributed by atoms with Crippen molar-refractivity contribution in [2.24, 2.45) is 0 Å². The fraction of sp³-hybridized carbons (Fsp3) is 0.200. The van der Waals surface area contributed by atoms with Crippen LogP contribution in [0.25, 0.3) is 0 Å². The maximum atomic E-state index is 3.60. The van der Waals surface area contributed by atoms with Gasteiger partial charge in [-0.2, -0.15) is 0 Å². The lowest BCUT2D eigenvalue weighted by molar-refractivity contribution is 1.13. The average Bonchev–Trinajstić information content (AvgIpc) is 2.32. The van der Waals surface area contributed by atoms with Crippen LogP contribution in [0, 0.1) is 13.8 Å². The zero-order valence-corrected chi connectivity index (χ0v) is 13.6. The van der Waals surface area contributed by atoms with E-state index in [9.17, 15) is 0 Å². The molecule has 0 bridgehead atoms. The Morgan fingerprint density at radius 2 is 1.72 bits per heavy atom. The summed E-state index contributed by atoms with van der Waals surface area (Å²) >= 11 is 7.11. The summed E-state index contributed by atoms with van der Waals surface area (Å²) in [6.45, 7) is 5.01. The maximum Gasteiger partial charge on any atom is 0.0411 e. The highest BCUT2D eigenvalue weighted by molar-refractivity contribution is 9.10. The van der Waals surface area contributed by atoms with Crippen LogP contribution in [0.15, 0.2) is 45.3 Å². The van der Waals surface area contributed by atoms with Gasteiger partial charge < -0.3 is 5.32 Å². The second-order valence-corrected chi connectivity index (χ2v) is 6.12. The molecular weight excluding hydrogens is 354 g/mol. The number of nitrogens with one attached hydrogen (secondary N) is 1. The summed E-state index contributed by atoms with van der Waals surface area (Å²) in [5.74, 6) is 0. The Hall–Kier alpha value is -0.800. The molecule has 0 amide bonds. The molecule has 0 atom stereocenters. The normalized spacial score (nSPS) is 10.4. The molecule has 94 valence electrons. The Morgan fingerprint density at radius 3 is 2.39 bits per heavy atom. The molecule has 0 saturated heterocycles. The van der Waals surface area contributed by atoms with Crippen LogP contribution in [0.3, 0.4) is 0 Å². The van der Waals surface area contributed by atoms with E-state index in [0.29, 0.717) is 0 Å². The number of benzene rings is 2. The molecule has 3 heteroatoms. The second-order valence-electron chi connectivity index (χ2n) is 4.41. The van der Waals surface area contributed by atoms with E-state index < -0.39 is 0 Å². The van der Waals surface area contributed by atoms with Gasteiger partial charge in [-0.25, -0.2) is 0 Å². The van der Waals surface area contributed by atoms with Gasteiger partial charge in [-0.05, 0) is 54.8 Å². The summed E-state index contributed by atoms with van der Waals surface area (Å²) in [5.41, 5.74) is 4.91. The highest BCUT2D eigenvalue weighted by atomic mass is 79.9. The van der Waals surface area contributed by atoms with Gasteiger partial charge in [-0.1, -0.05) is 44.0 Å². The first-order valence-corrected chi connectivity index (χ1v) is 7.40. The summed E-state index contributed by atoms with van der Waals surface area (Å²) in [4.78, 5) is 0. The van der Waals surface area contributed by atoms with Gasteiger partial charge >= 0.3 is 0 Å². The summed E-state index contributed by atoms with van der Waals surface area (Å²) in [6, 6.07) is 12.7. The lowest BCUT2D eigenvalue weighted by atomic mass is 10.1. The van der Waals surface area contributed by atoms with Crippen LogP contribution < -0.4 is 5.32 Å². The van der Waals surface area contributed by atoms with Crippen molar-refractivity contribution in [2.75, 3.05) is 5.32 Å². The number of aryl methyl sites for hydroxylation is 2. The lowest BCUT2D eigenvalue weighted by Crippen LogP contribution is -2.00. The van der Waals surface area contributed by atoms with Gasteiger partial charge in [0.05, 0.1) is 0 Å². The van der Waals surface area contributed by atoms with Crippen molar-refractivity contribution in [3.63, 3.8) is 0 Å². The summed E-state index contributed by atoms with van der Waals surface area (Å²) < 4.78 is 2.30. The molecule has 0 heterocycles. The van der Waals surface area contributed by atoms with Crippen LogP contribution in [-0.4, -0.2) is 0 Å². The summed E-state index contributed by atoms with van der Waals surface area (Å²) in [7, 11) is 0. The van der Waals surface area contributed by atoms with E-state index in [0.717, 1.165) is 21.2 Å². The minimum atomic E-state index is 0.821. The third kappa shape index (κ3) is 3.36. The highest BCUT2D eigenvalue weighted by Gasteiger charge is 2.01. The molecule has 0 aliphatic heterocycles. The van der Waals surface area contributed by atoms with Crippen molar-refractivity contribution >= 4 is 37.5 Å². The molecule has 2 aromatic carbocycles. The minimum Gasteiger partial charge on any atom is -0.381 e. The average molecular weight is 369 g/mol. The number of halogens is 2. The lowest BCUT2D eigenvalue weighted by Gasteiger charge is -2.10. The van der Waals surface area contributed by atoms with Crippen LogP contribution in [0.5, 0.6) is 0 Å². The first-order valence-electron chi connectivity index (χ1n) is 5.81. The molecule has 0 spiro atoms. The smallest absolute Gasteiger partial charge is 0.0411 e. The predicted octanol–water partition coefficient (Wildman–Crippen LogP) is 5.44. The standard InChI is InChI=1S/C15H15Br2N/c1-10-3-4-12(15(17)7-10)9-18-13-5-6-14(16)11(2)8-13/h3-8,18H,9H2,1-2H3. The third-order valence-corrected chi connectivity index (χ3v) is 4.48. The van der Waals surface area contributed by atoms with Crippen molar-refractivity contribution in [3.8, 4) is 0 Å². The van der Waals surface area contributed by atoms with Crippen LogP contribution in [0.4, 0.5) is 5.69 Å². The molecule has 0 aliphatic carbocycles. The number of rotatable bonds is 3. The Kier molecular flexibility index (Phi) is 4.46. The molecule has 0 aromatic heterocycles. The number of hydrogen-bond donors (Lipinski definition) is 1. The third-order valence-electron chi connectivity index (χ3n) is 2.85. The van der Waals surface area contributed by atoms with Gasteiger partial charge in [0, 0.05) is 21.2 Å². The molecule has 0 fully saturated rings. The molecule has 18 heavy (non-hydrogen) atoms. The molecule has 2 rings (SSSR count). The van der Waals surface area contributed by atoms with E-state index in [1.807, 2.05) is 0 Å². The molecule has 1 N–H and O–H groups in total. The van der Waals surface area contributed by atoms with Gasteiger partial charge in [0.1, 0.15) is 0 Å². The SMILES string of the molecule is Cc1ccc(CNc2ccc(Br)c(C)c2)c(Br)c1. The summed E-state index contributed by atoms with van der Waals surface area (Å²) in [6.07, 6.45) is 0. The van der Waals surface area contributed by atoms with E-state index in [2.05, 4.69) is 87.4 Å². The second kappa shape index (κ2) is 5.89. The van der Waals surface area contributed by atoms with Crippen LogP contribution in [0.2, 0.25) is 0 Å². The van der Waals surface area contributed by atoms with Gasteiger partial charge in [-0.3, -0.25) is 0 Å². The fourth-order valence-corrected chi connectivity index (χ4v) is 2.63. The van der Waals surface area contributed by atoms with Crippen LogP contribution in [0.1, 0.15) is 16.7 Å². The molecule has 0 unspecified atom stereocenters. The van der Waals surface area contributed by atoms with E-state index >= 15 is 0 Å². The van der Waals surface area contributed by atoms with E-state index in [4.69, 9.17) is 0 Å². The first-order chi connectivity index (χ1) is 8.56. The van der Waals surface area contributed by atoms with Crippen molar-refractivity contribution in [2.45, 2.75) is 20.4 Å². The van der Waals surface area contributed by atoms with Gasteiger partial charge in [0.25, 0.3) is 0 Å². The predicted molar refractivity (Wildman–Crippen MR) is 85.1 cm³/mol. The molecule has 1 nitrogen and oxygen atoms in total. The zero-order chi connectivity index (χ0) is 13.1. The highest BCUT2D eigenvalue weighted by Crippen LogP contribution is 2.22. The number of anilines is 1. The quantitative estimate of drug-likeness (QED) is 0.760. The van der Waals surface area contributed by atoms with Crippen molar-refractivity contribution < 1.29 is 0 Å². The molecule has 0 radical (unpaired) electrons. The van der Waals surface area contributed by atoms with E-state index in [-0.39, 0.29) is 0 Å². The van der Waals surface area contributed by atoms with Crippen LogP contribution >= 0.6 is 31.9 Å². The number of hydrogen-bond acceptors (Lipinski definition) is 1. The summed E-state index contributed by atoms with van der Waals surface area (Å²) in [5, 5.41) is 3.44. The van der Waals surface area contributed by atoms with Crippen molar-refractivity contribution in [1.82, 2.24) is 0 Å². The minimum absolute atomic E-state index is 0.821. The largest absolute Gasteiger partial charge is 0.381 e. The Labute approximate surface area is 125 Å². The fourth-order valence-electron chi connectivity index (χ4n) is 1.75. The van der Waals surface area contributed by atoms with Crippen molar-refractivity contribution in [3.05, 3.63) is 62.0 Å². The first kappa shape index (κ1) is 13.6. The molecule has 0 saturated carbocycles. The molecule has 2 aromatic rings. The molecule has 0 aliphatic rings. The Bertz CT molecular complexity index is 564. The zero-order valence-electron chi connectivity index (χ0n) is 10.4. The maximum absolute atomic E-state index is 3.60. The van der Waals surface area contributed by atoms with E-state index in [1.54, 1.807) is 0 Å². The van der Waals surface area contributed by atoms with E-state index in [1.165, 1.54) is 16.7 Å².